The molecule has 3 nitrogen and oxygen atoms in total. The minimum absolute atomic E-state index is 0.546. The second kappa shape index (κ2) is 4.70. The van der Waals surface area contributed by atoms with Gasteiger partial charge in [-0.15, -0.1) is 0 Å². The lowest BCUT2D eigenvalue weighted by Crippen LogP contribution is -2.15. The van der Waals surface area contributed by atoms with Crippen LogP contribution in [0.25, 0.3) is 0 Å². The summed E-state index contributed by atoms with van der Waals surface area (Å²) in [6.45, 7) is 5.70. The van der Waals surface area contributed by atoms with Crippen molar-refractivity contribution < 1.29 is 14.9 Å². The van der Waals surface area contributed by atoms with Crippen LogP contribution in [0.5, 0.6) is 0 Å². The molecule has 0 aromatic carbocycles. The molecule has 0 aromatic heterocycles. The van der Waals surface area contributed by atoms with E-state index in [1.54, 1.807) is 0 Å². The fraction of sp³-hybridized carbons (Fsp3) is 1.00. The first-order chi connectivity index (χ1) is 4.89. The molecule has 0 saturated carbocycles. The third-order valence-corrected chi connectivity index (χ3v) is 1.16. The van der Waals surface area contributed by atoms with Gasteiger partial charge < -0.3 is 14.9 Å². The lowest BCUT2D eigenvalue weighted by atomic mass is 10.3. The fourth-order valence-electron chi connectivity index (χ4n) is 0.739. The third kappa shape index (κ3) is 13.0. The number of rotatable bonds is 0. The van der Waals surface area contributed by atoms with E-state index in [4.69, 9.17) is 14.9 Å². The molecule has 11 heavy (non-hydrogen) atoms. The van der Waals surface area contributed by atoms with Gasteiger partial charge in [0.15, 0.2) is 5.79 Å². The van der Waals surface area contributed by atoms with Crippen LogP contribution in [0.4, 0.5) is 0 Å². The van der Waals surface area contributed by atoms with Gasteiger partial charge in [0, 0.05) is 6.61 Å². The zero-order chi connectivity index (χ0) is 8.91. The summed E-state index contributed by atoms with van der Waals surface area (Å²) in [6, 6.07) is 0. The molecule has 1 atom stereocenters. The Bertz CT molecular complexity index is 84.0. The molecular weight excluding hydrogens is 144 g/mol. The van der Waals surface area contributed by atoms with Crippen LogP contribution in [0.1, 0.15) is 33.6 Å². The standard InChI is InChI=1S/C5H10O.C3H8O2/c1-5-3-2-4-6-5;1-3(2,4)5/h5H,2-4H2,1H3;4-5H,1-2H3. The molecule has 1 unspecified atom stereocenters. The Hall–Kier alpha value is -0.120. The van der Waals surface area contributed by atoms with Crippen molar-refractivity contribution in [2.24, 2.45) is 0 Å². The van der Waals surface area contributed by atoms with Crippen molar-refractivity contribution in [1.29, 1.82) is 0 Å². The van der Waals surface area contributed by atoms with E-state index in [0.29, 0.717) is 6.10 Å². The van der Waals surface area contributed by atoms with Crippen LogP contribution < -0.4 is 0 Å². The van der Waals surface area contributed by atoms with Gasteiger partial charge in [-0.25, -0.2) is 0 Å². The molecule has 0 radical (unpaired) electrons. The number of hydrogen-bond acceptors (Lipinski definition) is 3. The number of ether oxygens (including phenoxy) is 1. The van der Waals surface area contributed by atoms with Crippen LogP contribution >= 0.6 is 0 Å². The Morgan fingerprint density at radius 3 is 1.91 bits per heavy atom. The molecule has 68 valence electrons. The van der Waals surface area contributed by atoms with Gasteiger partial charge in [0.05, 0.1) is 6.10 Å². The Kier molecular flexibility index (Phi) is 4.65. The SMILES string of the molecule is CC(C)(O)O.CC1CCCO1. The van der Waals surface area contributed by atoms with Crippen molar-refractivity contribution in [2.75, 3.05) is 6.61 Å². The Labute approximate surface area is 68.0 Å². The van der Waals surface area contributed by atoms with Gasteiger partial charge >= 0.3 is 0 Å². The summed E-state index contributed by atoms with van der Waals surface area (Å²) >= 11 is 0. The first kappa shape index (κ1) is 10.9. The zero-order valence-electron chi connectivity index (χ0n) is 7.50. The summed E-state index contributed by atoms with van der Waals surface area (Å²) in [5.74, 6) is -1.50. The Morgan fingerprint density at radius 2 is 1.82 bits per heavy atom. The molecule has 1 rings (SSSR count). The first-order valence-electron chi connectivity index (χ1n) is 3.96. The minimum Gasteiger partial charge on any atom is -0.379 e. The highest BCUT2D eigenvalue weighted by atomic mass is 16.5. The van der Waals surface area contributed by atoms with Crippen molar-refractivity contribution in [3.63, 3.8) is 0 Å². The second-order valence-corrected chi connectivity index (χ2v) is 3.32. The van der Waals surface area contributed by atoms with Gasteiger partial charge in [-0.2, -0.15) is 0 Å². The number of hydrogen-bond donors (Lipinski definition) is 2. The normalized spacial score (nSPS) is 24.3. The maximum Gasteiger partial charge on any atom is 0.156 e. The van der Waals surface area contributed by atoms with Gasteiger partial charge in [-0.05, 0) is 33.6 Å². The summed E-state index contributed by atoms with van der Waals surface area (Å²) in [5, 5.41) is 16.2. The Morgan fingerprint density at radius 1 is 1.36 bits per heavy atom. The molecule has 0 amide bonds. The summed E-state index contributed by atoms with van der Waals surface area (Å²) in [7, 11) is 0. The molecule has 1 heterocycles. The van der Waals surface area contributed by atoms with Crippen molar-refractivity contribution in [3.8, 4) is 0 Å². The average Bonchev–Trinajstić information content (AvgIpc) is 2.12. The van der Waals surface area contributed by atoms with Gasteiger partial charge in [0.1, 0.15) is 0 Å². The smallest absolute Gasteiger partial charge is 0.156 e. The van der Waals surface area contributed by atoms with E-state index in [-0.39, 0.29) is 0 Å². The van der Waals surface area contributed by atoms with Crippen molar-refractivity contribution >= 4 is 0 Å². The van der Waals surface area contributed by atoms with Crippen LogP contribution in [0.15, 0.2) is 0 Å². The molecule has 0 spiro atoms. The minimum atomic E-state index is -1.50. The summed E-state index contributed by atoms with van der Waals surface area (Å²) in [4.78, 5) is 0. The molecule has 0 bridgehead atoms. The van der Waals surface area contributed by atoms with Crippen molar-refractivity contribution in [2.45, 2.75) is 45.5 Å². The maximum atomic E-state index is 8.08. The van der Waals surface area contributed by atoms with E-state index in [9.17, 15) is 0 Å². The fourth-order valence-corrected chi connectivity index (χ4v) is 0.739. The number of aliphatic hydroxyl groups is 2. The molecule has 2 N–H and O–H groups in total. The third-order valence-electron chi connectivity index (χ3n) is 1.16. The van der Waals surface area contributed by atoms with Crippen LogP contribution in [0, 0.1) is 0 Å². The molecule has 1 saturated heterocycles. The van der Waals surface area contributed by atoms with E-state index in [0.717, 1.165) is 6.61 Å². The molecule has 3 heteroatoms. The van der Waals surface area contributed by atoms with E-state index >= 15 is 0 Å². The van der Waals surface area contributed by atoms with Crippen molar-refractivity contribution in [1.82, 2.24) is 0 Å². The molecule has 0 aromatic rings. The second-order valence-electron chi connectivity index (χ2n) is 3.32. The largest absolute Gasteiger partial charge is 0.379 e. The lowest BCUT2D eigenvalue weighted by molar-refractivity contribution is -0.127. The van der Waals surface area contributed by atoms with E-state index in [2.05, 4.69) is 6.92 Å². The molecule has 0 aliphatic carbocycles. The molecule has 1 aliphatic rings. The van der Waals surface area contributed by atoms with Gasteiger partial charge in [0.25, 0.3) is 0 Å². The molecule has 1 fully saturated rings. The highest BCUT2D eigenvalue weighted by Crippen LogP contribution is 2.09. The topological polar surface area (TPSA) is 49.7 Å². The zero-order valence-corrected chi connectivity index (χ0v) is 7.50. The summed E-state index contributed by atoms with van der Waals surface area (Å²) < 4.78 is 5.15. The summed E-state index contributed by atoms with van der Waals surface area (Å²) in [5.41, 5.74) is 0. The van der Waals surface area contributed by atoms with E-state index < -0.39 is 5.79 Å². The van der Waals surface area contributed by atoms with Gasteiger partial charge in [-0.3, -0.25) is 0 Å². The summed E-state index contributed by atoms with van der Waals surface area (Å²) in [6.07, 6.45) is 3.08. The highest BCUT2D eigenvalue weighted by molar-refractivity contribution is 4.56. The van der Waals surface area contributed by atoms with Crippen LogP contribution in [0.2, 0.25) is 0 Å². The van der Waals surface area contributed by atoms with Crippen LogP contribution in [-0.2, 0) is 4.74 Å². The van der Waals surface area contributed by atoms with E-state index in [1.165, 1.54) is 26.7 Å². The molecular formula is C8H18O3. The molecule has 1 aliphatic heterocycles. The van der Waals surface area contributed by atoms with Crippen LogP contribution in [0.3, 0.4) is 0 Å². The average molecular weight is 162 g/mol. The maximum absolute atomic E-state index is 8.08. The van der Waals surface area contributed by atoms with E-state index in [1.807, 2.05) is 0 Å². The van der Waals surface area contributed by atoms with Crippen LogP contribution in [-0.4, -0.2) is 28.7 Å². The Balaban J connectivity index is 0.000000187. The quantitative estimate of drug-likeness (QED) is 0.520. The highest BCUT2D eigenvalue weighted by Gasteiger charge is 2.07. The van der Waals surface area contributed by atoms with Gasteiger partial charge in [0.2, 0.25) is 0 Å². The first-order valence-corrected chi connectivity index (χ1v) is 3.96. The lowest BCUT2D eigenvalue weighted by Gasteiger charge is -2.03. The monoisotopic (exact) mass is 162 g/mol. The van der Waals surface area contributed by atoms with Crippen molar-refractivity contribution in [3.05, 3.63) is 0 Å². The predicted molar refractivity (Wildman–Crippen MR) is 43.2 cm³/mol. The predicted octanol–water partition coefficient (Wildman–Crippen LogP) is 0.892. The van der Waals surface area contributed by atoms with Gasteiger partial charge in [-0.1, -0.05) is 0 Å².